The van der Waals surface area contributed by atoms with Gasteiger partial charge in [0.15, 0.2) is 0 Å². The van der Waals surface area contributed by atoms with Crippen molar-refractivity contribution in [2.75, 3.05) is 14.1 Å². The Morgan fingerprint density at radius 1 is 1.41 bits per heavy atom. The van der Waals surface area contributed by atoms with Crippen LogP contribution in [0.3, 0.4) is 0 Å². The number of hydrogen-bond acceptors (Lipinski definition) is 3. The van der Waals surface area contributed by atoms with Gasteiger partial charge in [-0.1, -0.05) is 19.1 Å². The van der Waals surface area contributed by atoms with Crippen LogP contribution in [-0.4, -0.2) is 30.4 Å². The molecule has 3 heteroatoms. The third-order valence-electron chi connectivity index (χ3n) is 3.00. The third kappa shape index (κ3) is 3.30. The minimum atomic E-state index is 0.0639. The maximum Gasteiger partial charge on any atom is 0.123 e. The predicted octanol–water partition coefficient (Wildman–Crippen LogP) is 2.45. The molecule has 17 heavy (non-hydrogen) atoms. The molecule has 1 atom stereocenters. The number of hydrogen-bond donors (Lipinski definition) is 1. The molecule has 0 saturated heterocycles. The van der Waals surface area contributed by atoms with Gasteiger partial charge in [0.2, 0.25) is 0 Å². The number of phenols is 1. The van der Waals surface area contributed by atoms with Gasteiger partial charge >= 0.3 is 0 Å². The number of carbonyl (C=O) groups is 1. The molecule has 0 aliphatic rings. The third-order valence-corrected chi connectivity index (χ3v) is 3.00. The summed E-state index contributed by atoms with van der Waals surface area (Å²) in [7, 11) is 3.95. The van der Waals surface area contributed by atoms with Crippen LogP contribution in [0.1, 0.15) is 36.0 Å². The highest BCUT2D eigenvalue weighted by Gasteiger charge is 2.15. The first kappa shape index (κ1) is 13.7. The van der Waals surface area contributed by atoms with Crippen LogP contribution < -0.4 is 0 Å². The van der Waals surface area contributed by atoms with Crippen LogP contribution in [0.15, 0.2) is 12.1 Å². The zero-order chi connectivity index (χ0) is 13.0. The molecule has 1 rings (SSSR count). The van der Waals surface area contributed by atoms with Gasteiger partial charge in [-0.25, -0.2) is 0 Å². The van der Waals surface area contributed by atoms with Crippen molar-refractivity contribution in [3.05, 3.63) is 28.8 Å². The second-order valence-corrected chi connectivity index (χ2v) is 4.84. The van der Waals surface area contributed by atoms with E-state index >= 15 is 0 Å². The second-order valence-electron chi connectivity index (χ2n) is 4.84. The molecule has 0 bridgehead atoms. The molecular weight excluding hydrogens is 214 g/mol. The van der Waals surface area contributed by atoms with Gasteiger partial charge in [-0.15, -0.1) is 0 Å². The lowest BCUT2D eigenvalue weighted by atomic mass is 9.93. The number of carbonyl (C=O) groups excluding carboxylic acids is 1. The Morgan fingerprint density at radius 3 is 2.59 bits per heavy atom. The van der Waals surface area contributed by atoms with Crippen LogP contribution in [-0.2, 0) is 11.3 Å². The summed E-state index contributed by atoms with van der Waals surface area (Å²) in [5.41, 5.74) is 2.89. The Bertz CT molecular complexity index is 399. The summed E-state index contributed by atoms with van der Waals surface area (Å²) < 4.78 is 0. The molecule has 0 saturated carbocycles. The highest BCUT2D eigenvalue weighted by molar-refractivity contribution is 5.54. The molecule has 0 aliphatic carbocycles. The minimum absolute atomic E-state index is 0.0639. The van der Waals surface area contributed by atoms with Gasteiger partial charge < -0.3 is 14.8 Å². The fourth-order valence-corrected chi connectivity index (χ4v) is 1.94. The lowest BCUT2D eigenvalue weighted by molar-refractivity contribution is -0.108. The van der Waals surface area contributed by atoms with Crippen LogP contribution in [0.2, 0.25) is 0 Å². The molecule has 0 fully saturated rings. The van der Waals surface area contributed by atoms with Gasteiger partial charge in [-0.05, 0) is 38.1 Å². The first-order chi connectivity index (χ1) is 7.97. The molecule has 0 heterocycles. The normalized spacial score (nSPS) is 12.8. The summed E-state index contributed by atoms with van der Waals surface area (Å²) in [6.07, 6.45) is 1.34. The Balaban J connectivity index is 3.13. The van der Waals surface area contributed by atoms with Crippen molar-refractivity contribution >= 4 is 6.29 Å². The monoisotopic (exact) mass is 235 g/mol. The Labute approximate surface area is 103 Å². The second kappa shape index (κ2) is 5.82. The summed E-state index contributed by atoms with van der Waals surface area (Å²) >= 11 is 0. The number of phenolic OH excluding ortho intramolecular Hbond substituents is 1. The molecule has 1 aromatic rings. The maximum absolute atomic E-state index is 10.5. The van der Waals surface area contributed by atoms with Crippen LogP contribution >= 0.6 is 0 Å². The maximum atomic E-state index is 10.5. The van der Waals surface area contributed by atoms with Crippen molar-refractivity contribution in [2.45, 2.75) is 32.7 Å². The molecule has 3 nitrogen and oxygen atoms in total. The molecule has 0 amide bonds. The smallest absolute Gasteiger partial charge is 0.123 e. The molecule has 0 spiro atoms. The standard InChI is InChI=1S/C14H21NO2/c1-10-5-6-12(11(2)7-8-16)14(17)13(10)9-15(3)4/h5-6,8,11,17H,7,9H2,1-4H3. The quantitative estimate of drug-likeness (QED) is 0.797. The van der Waals surface area contributed by atoms with Crippen LogP contribution in [0.25, 0.3) is 0 Å². The zero-order valence-electron chi connectivity index (χ0n) is 11.0. The van der Waals surface area contributed by atoms with Crippen molar-refractivity contribution in [1.82, 2.24) is 4.90 Å². The van der Waals surface area contributed by atoms with Gasteiger partial charge in [0.25, 0.3) is 0 Å². The SMILES string of the molecule is Cc1ccc(C(C)CC=O)c(O)c1CN(C)C. The van der Waals surface area contributed by atoms with Crippen LogP contribution in [0.4, 0.5) is 0 Å². The van der Waals surface area contributed by atoms with Crippen molar-refractivity contribution in [3.63, 3.8) is 0 Å². The van der Waals surface area contributed by atoms with E-state index in [1.807, 2.05) is 45.0 Å². The van der Waals surface area contributed by atoms with Gasteiger partial charge in [-0.3, -0.25) is 0 Å². The summed E-state index contributed by atoms with van der Waals surface area (Å²) in [4.78, 5) is 12.6. The van der Waals surface area contributed by atoms with E-state index in [-0.39, 0.29) is 5.92 Å². The van der Waals surface area contributed by atoms with Crippen LogP contribution in [0.5, 0.6) is 5.75 Å². The topological polar surface area (TPSA) is 40.5 Å². The van der Waals surface area contributed by atoms with Crippen LogP contribution in [0, 0.1) is 6.92 Å². The van der Waals surface area contributed by atoms with E-state index in [1.54, 1.807) is 0 Å². The molecule has 1 N–H and O–H groups in total. The van der Waals surface area contributed by atoms with Gasteiger partial charge in [-0.2, -0.15) is 0 Å². The number of benzene rings is 1. The highest BCUT2D eigenvalue weighted by atomic mass is 16.3. The first-order valence-electron chi connectivity index (χ1n) is 5.87. The fraction of sp³-hybridized carbons (Fsp3) is 0.500. The molecule has 0 aromatic heterocycles. The first-order valence-corrected chi connectivity index (χ1v) is 5.87. The van der Waals surface area contributed by atoms with Crippen molar-refractivity contribution < 1.29 is 9.90 Å². The molecule has 1 unspecified atom stereocenters. The van der Waals surface area contributed by atoms with Gasteiger partial charge in [0.05, 0.1) is 0 Å². The van der Waals surface area contributed by atoms with Crippen molar-refractivity contribution in [3.8, 4) is 5.75 Å². The average molecular weight is 235 g/mol. The largest absolute Gasteiger partial charge is 0.507 e. The average Bonchev–Trinajstić information content (AvgIpc) is 2.24. The van der Waals surface area contributed by atoms with Crippen molar-refractivity contribution in [1.29, 1.82) is 0 Å². The summed E-state index contributed by atoms with van der Waals surface area (Å²) in [5.74, 6) is 0.405. The van der Waals surface area contributed by atoms with Gasteiger partial charge in [0, 0.05) is 18.5 Å². The summed E-state index contributed by atoms with van der Waals surface area (Å²) in [6, 6.07) is 3.92. The van der Waals surface area contributed by atoms with E-state index in [0.717, 1.165) is 23.0 Å². The van der Waals surface area contributed by atoms with E-state index in [9.17, 15) is 9.90 Å². The lowest BCUT2D eigenvalue weighted by Crippen LogP contribution is -2.12. The van der Waals surface area contributed by atoms with E-state index < -0.39 is 0 Å². The minimum Gasteiger partial charge on any atom is -0.507 e. The zero-order valence-corrected chi connectivity index (χ0v) is 11.0. The number of aromatic hydroxyl groups is 1. The van der Waals surface area contributed by atoms with E-state index in [1.165, 1.54) is 0 Å². The Hall–Kier alpha value is -1.35. The molecule has 0 radical (unpaired) electrons. The number of rotatable bonds is 5. The molecule has 0 aliphatic heterocycles. The van der Waals surface area contributed by atoms with E-state index in [4.69, 9.17) is 0 Å². The molecular formula is C14H21NO2. The number of aldehydes is 1. The molecule has 1 aromatic carbocycles. The summed E-state index contributed by atoms with van der Waals surface area (Å²) in [5, 5.41) is 10.3. The number of aryl methyl sites for hydroxylation is 1. The van der Waals surface area contributed by atoms with E-state index in [2.05, 4.69) is 0 Å². The Kier molecular flexibility index (Phi) is 4.70. The summed E-state index contributed by atoms with van der Waals surface area (Å²) in [6.45, 7) is 4.66. The predicted molar refractivity (Wildman–Crippen MR) is 69.3 cm³/mol. The van der Waals surface area contributed by atoms with Crippen molar-refractivity contribution in [2.24, 2.45) is 0 Å². The van der Waals surface area contributed by atoms with E-state index in [0.29, 0.717) is 18.7 Å². The molecule has 94 valence electrons. The van der Waals surface area contributed by atoms with Gasteiger partial charge in [0.1, 0.15) is 12.0 Å². The lowest BCUT2D eigenvalue weighted by Gasteiger charge is -2.18. The Morgan fingerprint density at radius 2 is 2.06 bits per heavy atom. The number of nitrogens with zero attached hydrogens (tertiary/aromatic N) is 1. The fourth-order valence-electron chi connectivity index (χ4n) is 1.94. The highest BCUT2D eigenvalue weighted by Crippen LogP contribution is 2.33.